The molecule has 37 heavy (non-hydrogen) atoms. The molecule has 4 aliphatic rings. The molecule has 196 valence electrons. The molecule has 1 aromatic carbocycles. The number of fused-ring (bicyclic) bond motifs is 3. The molecule has 0 radical (unpaired) electrons. The van der Waals surface area contributed by atoms with Crippen molar-refractivity contribution in [2.75, 3.05) is 21.2 Å². The van der Waals surface area contributed by atoms with Gasteiger partial charge in [-0.15, -0.1) is 0 Å². The lowest BCUT2D eigenvalue weighted by Gasteiger charge is -2.45. The van der Waals surface area contributed by atoms with Crippen molar-refractivity contribution in [2.24, 2.45) is 0 Å². The van der Waals surface area contributed by atoms with Gasteiger partial charge < -0.3 is 34.4 Å². The Morgan fingerprint density at radius 2 is 1.78 bits per heavy atom. The summed E-state index contributed by atoms with van der Waals surface area (Å²) in [5.74, 6) is -2.02. The second kappa shape index (κ2) is 8.95. The second-order valence-corrected chi connectivity index (χ2v) is 10.1. The van der Waals surface area contributed by atoms with Crippen LogP contribution in [0.15, 0.2) is 52.7 Å². The summed E-state index contributed by atoms with van der Waals surface area (Å²) in [5, 5.41) is 31.6. The lowest BCUT2D eigenvalue weighted by Crippen LogP contribution is -2.56. The zero-order valence-electron chi connectivity index (χ0n) is 21.4. The largest absolute Gasteiger partial charge is 0.507 e. The minimum Gasteiger partial charge on any atom is -0.507 e. The second-order valence-electron chi connectivity index (χ2n) is 10.1. The summed E-state index contributed by atoms with van der Waals surface area (Å²) in [4.78, 5) is 29.4. The smallest absolute Gasteiger partial charge is 0.199 e. The highest BCUT2D eigenvalue weighted by Gasteiger charge is 2.49. The van der Waals surface area contributed by atoms with Crippen LogP contribution in [0.2, 0.25) is 0 Å². The molecule has 3 aliphatic carbocycles. The van der Waals surface area contributed by atoms with Gasteiger partial charge in [0, 0.05) is 36.3 Å². The number of allylic oxidation sites excluding steroid dienone is 5. The minimum absolute atomic E-state index is 0.0140. The van der Waals surface area contributed by atoms with Gasteiger partial charge in [0.15, 0.2) is 23.5 Å². The van der Waals surface area contributed by atoms with Crippen LogP contribution in [0.25, 0.3) is 5.76 Å². The summed E-state index contributed by atoms with van der Waals surface area (Å²) in [6.07, 6.45) is 4.46. The third-order valence-electron chi connectivity index (χ3n) is 7.82. The Morgan fingerprint density at radius 1 is 1.11 bits per heavy atom. The molecule has 0 aromatic heterocycles. The Bertz CT molecular complexity index is 1320. The number of phenols is 2. The number of likely N-dealkylation sites (N-methyl/N-ethyl adjacent to an activating group) is 1. The van der Waals surface area contributed by atoms with E-state index in [1.165, 1.54) is 18.2 Å². The molecular formula is C28H31NO8. The third kappa shape index (κ3) is 3.68. The van der Waals surface area contributed by atoms with E-state index in [9.17, 15) is 24.9 Å². The van der Waals surface area contributed by atoms with Gasteiger partial charge in [-0.25, -0.2) is 0 Å². The van der Waals surface area contributed by atoms with Crippen LogP contribution >= 0.6 is 0 Å². The number of aliphatic hydroxyl groups excluding tert-OH is 1. The number of Topliss-reactive ketones (excluding diaryl/α,β-unsaturated/α-hetero) is 2. The summed E-state index contributed by atoms with van der Waals surface area (Å²) in [6, 6.07) is 2.41. The number of phenolic OH excluding ortho intramolecular Hbond substituents is 2. The molecule has 1 fully saturated rings. The molecule has 1 heterocycles. The summed E-state index contributed by atoms with van der Waals surface area (Å²) >= 11 is 0. The highest BCUT2D eigenvalue weighted by molar-refractivity contribution is 6.25. The SMILES string of the molecule is CCC1(O[C@H]2C[C@H](N(C)C)[C@@H](OC)[C@H](C)O2)C=CC2=C3C(=O)c4c(O)ccc(O)c4C(O)=C3C=C2C1=O. The van der Waals surface area contributed by atoms with Crippen molar-refractivity contribution < 1.29 is 39.1 Å². The van der Waals surface area contributed by atoms with Crippen molar-refractivity contribution >= 4 is 17.3 Å². The molecule has 1 aromatic rings. The van der Waals surface area contributed by atoms with Crippen LogP contribution in [0.1, 0.15) is 42.6 Å². The average molecular weight is 510 g/mol. The molecule has 5 atom stereocenters. The fourth-order valence-electron chi connectivity index (χ4n) is 5.83. The van der Waals surface area contributed by atoms with Gasteiger partial charge >= 0.3 is 0 Å². The standard InChI is InChI=1S/C28H31NO8/c1-6-28(37-20-12-17(29(3)4)26(35-5)13(2)36-20)10-9-14-15(27(28)34)11-16-21(14)25(33)23-19(31)8-7-18(30)22(23)24(16)32/h7-11,13,17,20,26,30-32H,6,12H2,1-5H3/t13-,17-,20-,26-,28?/m0/s1. The predicted octanol–water partition coefficient (Wildman–Crippen LogP) is 3.18. The Morgan fingerprint density at radius 3 is 2.41 bits per heavy atom. The monoisotopic (exact) mass is 509 g/mol. The van der Waals surface area contributed by atoms with Gasteiger partial charge in [-0.2, -0.15) is 0 Å². The van der Waals surface area contributed by atoms with Crippen molar-refractivity contribution in [3.8, 4) is 11.5 Å². The first-order valence-electron chi connectivity index (χ1n) is 12.3. The number of ether oxygens (including phenoxy) is 3. The fraction of sp³-hybridized carbons (Fsp3) is 0.429. The van der Waals surface area contributed by atoms with Gasteiger partial charge in [-0.1, -0.05) is 13.0 Å². The quantitative estimate of drug-likeness (QED) is 0.513. The van der Waals surface area contributed by atoms with E-state index >= 15 is 0 Å². The first-order valence-corrected chi connectivity index (χ1v) is 12.3. The van der Waals surface area contributed by atoms with Crippen LogP contribution in [0.3, 0.4) is 0 Å². The van der Waals surface area contributed by atoms with E-state index in [0.717, 1.165) is 0 Å². The normalized spacial score (nSPS) is 31.0. The zero-order valence-corrected chi connectivity index (χ0v) is 21.4. The van der Waals surface area contributed by atoms with Gasteiger partial charge in [0.25, 0.3) is 0 Å². The van der Waals surface area contributed by atoms with Gasteiger partial charge in [0.2, 0.25) is 0 Å². The maximum Gasteiger partial charge on any atom is 0.199 e. The number of carbonyl (C=O) groups excluding carboxylic acids is 2. The summed E-state index contributed by atoms with van der Waals surface area (Å²) in [6.45, 7) is 3.75. The average Bonchev–Trinajstić information content (AvgIpc) is 3.26. The van der Waals surface area contributed by atoms with E-state index in [1.807, 2.05) is 27.9 Å². The van der Waals surface area contributed by atoms with Crippen LogP contribution in [0, 0.1) is 0 Å². The van der Waals surface area contributed by atoms with Crippen molar-refractivity contribution in [3.05, 3.63) is 63.8 Å². The molecule has 0 saturated carbocycles. The summed E-state index contributed by atoms with van der Waals surface area (Å²) < 4.78 is 18.1. The number of benzene rings is 1. The van der Waals surface area contributed by atoms with Crippen LogP contribution in [0.4, 0.5) is 0 Å². The highest BCUT2D eigenvalue weighted by Crippen LogP contribution is 2.49. The molecular weight excluding hydrogens is 478 g/mol. The Hall–Kier alpha value is -3.24. The third-order valence-corrected chi connectivity index (χ3v) is 7.82. The maximum absolute atomic E-state index is 13.9. The Balaban J connectivity index is 1.54. The summed E-state index contributed by atoms with van der Waals surface area (Å²) in [7, 11) is 5.57. The lowest BCUT2D eigenvalue weighted by atomic mass is 9.80. The van der Waals surface area contributed by atoms with Crippen LogP contribution in [-0.4, -0.2) is 83.1 Å². The van der Waals surface area contributed by atoms with Gasteiger partial charge in [0.1, 0.15) is 17.3 Å². The van der Waals surface area contributed by atoms with E-state index in [2.05, 4.69) is 4.90 Å². The van der Waals surface area contributed by atoms with Gasteiger partial charge in [-0.3, -0.25) is 9.59 Å². The number of methoxy groups -OCH3 is 1. The van der Waals surface area contributed by atoms with Crippen molar-refractivity contribution in [2.45, 2.75) is 56.8 Å². The fourth-order valence-corrected chi connectivity index (χ4v) is 5.83. The zero-order chi connectivity index (χ0) is 26.8. The number of aliphatic hydroxyl groups is 1. The van der Waals surface area contributed by atoms with E-state index in [-0.39, 0.29) is 69.1 Å². The molecule has 1 aliphatic heterocycles. The molecule has 1 unspecified atom stereocenters. The number of nitrogens with zero attached hydrogens (tertiary/aromatic N) is 1. The van der Waals surface area contributed by atoms with Crippen LogP contribution in [-0.2, 0) is 19.0 Å². The number of hydrogen-bond acceptors (Lipinski definition) is 9. The van der Waals surface area contributed by atoms with Crippen LogP contribution < -0.4 is 0 Å². The Kier molecular flexibility index (Phi) is 6.15. The molecule has 9 nitrogen and oxygen atoms in total. The maximum atomic E-state index is 13.9. The van der Waals surface area contributed by atoms with Crippen molar-refractivity contribution in [1.29, 1.82) is 0 Å². The first kappa shape index (κ1) is 25.4. The van der Waals surface area contributed by atoms with E-state index in [0.29, 0.717) is 18.4 Å². The lowest BCUT2D eigenvalue weighted by molar-refractivity contribution is -0.262. The number of hydrogen-bond donors (Lipinski definition) is 3. The van der Waals surface area contributed by atoms with Gasteiger partial charge in [-0.05, 0) is 57.3 Å². The minimum atomic E-state index is -1.33. The van der Waals surface area contributed by atoms with Gasteiger partial charge in [0.05, 0.1) is 23.3 Å². The molecule has 5 rings (SSSR count). The van der Waals surface area contributed by atoms with E-state index in [1.54, 1.807) is 19.3 Å². The topological polar surface area (TPSA) is 126 Å². The Labute approximate surface area is 214 Å². The van der Waals surface area contributed by atoms with Crippen molar-refractivity contribution in [1.82, 2.24) is 4.90 Å². The molecule has 0 spiro atoms. The van der Waals surface area contributed by atoms with E-state index in [4.69, 9.17) is 14.2 Å². The number of carbonyl (C=O) groups is 2. The van der Waals surface area contributed by atoms with E-state index < -0.39 is 17.7 Å². The number of aromatic hydroxyl groups is 2. The number of rotatable bonds is 5. The predicted molar refractivity (Wildman–Crippen MR) is 134 cm³/mol. The summed E-state index contributed by atoms with van der Waals surface area (Å²) in [5.41, 5.74) is -0.873. The molecule has 3 N–H and O–H groups in total. The molecule has 1 saturated heterocycles. The number of ketones is 2. The highest BCUT2D eigenvalue weighted by atomic mass is 16.7. The molecule has 9 heteroatoms. The van der Waals surface area contributed by atoms with Crippen molar-refractivity contribution in [3.63, 3.8) is 0 Å². The van der Waals surface area contributed by atoms with Crippen LogP contribution in [0.5, 0.6) is 11.5 Å². The first-order chi connectivity index (χ1) is 17.5. The molecule has 0 amide bonds. The molecule has 0 bridgehead atoms.